The van der Waals surface area contributed by atoms with Crippen LogP contribution in [-0.2, 0) is 9.53 Å². The van der Waals surface area contributed by atoms with Gasteiger partial charge in [-0.3, -0.25) is 0 Å². The molecule has 14 heavy (non-hydrogen) atoms. The third-order valence-electron chi connectivity index (χ3n) is 1.44. The van der Waals surface area contributed by atoms with E-state index in [9.17, 15) is 4.79 Å². The molecule has 0 amide bonds. The summed E-state index contributed by atoms with van der Waals surface area (Å²) in [5, 5.41) is 0.488. The molecule has 0 radical (unpaired) electrons. The van der Waals surface area contributed by atoms with Gasteiger partial charge in [0.15, 0.2) is 0 Å². The monoisotopic (exact) mass is 212 g/mol. The van der Waals surface area contributed by atoms with Crippen molar-refractivity contribution in [2.24, 2.45) is 0 Å². The average molecular weight is 213 g/mol. The molecule has 0 N–H and O–H groups in total. The van der Waals surface area contributed by atoms with Crippen molar-refractivity contribution in [2.45, 2.75) is 0 Å². The molecule has 1 aromatic rings. The molecule has 74 valence electrons. The fourth-order valence-electron chi connectivity index (χ4n) is 0.771. The lowest BCUT2D eigenvalue weighted by atomic mass is 10.3. The van der Waals surface area contributed by atoms with E-state index in [0.29, 0.717) is 10.8 Å². The van der Waals surface area contributed by atoms with Gasteiger partial charge in [0.25, 0.3) is 0 Å². The summed E-state index contributed by atoms with van der Waals surface area (Å²) in [6.07, 6.45) is 2.40. The second kappa shape index (κ2) is 5.29. The Morgan fingerprint density at radius 1 is 1.43 bits per heavy atom. The van der Waals surface area contributed by atoms with E-state index in [0.717, 1.165) is 0 Å². The van der Waals surface area contributed by atoms with Gasteiger partial charge in [0, 0.05) is 0 Å². The molecule has 3 nitrogen and oxygen atoms in total. The third-order valence-corrected chi connectivity index (χ3v) is 1.75. The molecule has 4 heteroatoms. The van der Waals surface area contributed by atoms with Gasteiger partial charge in [-0.2, -0.15) is 0 Å². The lowest BCUT2D eigenvalue weighted by Gasteiger charge is -2.00. The predicted octanol–water partition coefficient (Wildman–Crippen LogP) is 2.41. The number of hydrogen-bond acceptors (Lipinski definition) is 3. The molecule has 0 atom stereocenters. The summed E-state index contributed by atoms with van der Waals surface area (Å²) in [7, 11) is 1.29. The van der Waals surface area contributed by atoms with Gasteiger partial charge in [0.1, 0.15) is 5.75 Å². The molecule has 0 fully saturated rings. The largest absolute Gasteiger partial charge is 0.466 e. The molecule has 0 saturated heterocycles. The number of para-hydroxylation sites is 1. The number of carbonyl (C=O) groups is 1. The summed E-state index contributed by atoms with van der Waals surface area (Å²) in [5.74, 6) is 0.0198. The molecule has 0 aliphatic heterocycles. The second-order valence-corrected chi connectivity index (χ2v) is 2.78. The maximum Gasteiger partial charge on any atom is 0.333 e. The fourth-order valence-corrected chi connectivity index (χ4v) is 0.952. The number of halogens is 1. The summed E-state index contributed by atoms with van der Waals surface area (Å²) in [5.41, 5.74) is 0. The van der Waals surface area contributed by atoms with E-state index < -0.39 is 5.97 Å². The topological polar surface area (TPSA) is 35.5 Å². The van der Waals surface area contributed by atoms with Gasteiger partial charge in [-0.05, 0) is 12.1 Å². The Kier molecular flexibility index (Phi) is 4.01. The molecule has 0 heterocycles. The number of methoxy groups -OCH3 is 1. The van der Waals surface area contributed by atoms with Gasteiger partial charge < -0.3 is 9.47 Å². The zero-order chi connectivity index (χ0) is 10.4. The first kappa shape index (κ1) is 10.6. The highest BCUT2D eigenvalue weighted by Crippen LogP contribution is 2.22. The van der Waals surface area contributed by atoms with Crippen LogP contribution >= 0.6 is 11.6 Å². The van der Waals surface area contributed by atoms with Gasteiger partial charge >= 0.3 is 5.97 Å². The van der Waals surface area contributed by atoms with Crippen molar-refractivity contribution in [3.05, 3.63) is 41.6 Å². The molecule has 0 spiro atoms. The minimum absolute atomic E-state index is 0.475. The van der Waals surface area contributed by atoms with Crippen molar-refractivity contribution in [2.75, 3.05) is 7.11 Å². The Bertz CT molecular complexity index is 347. The van der Waals surface area contributed by atoms with Gasteiger partial charge in [0.05, 0.1) is 24.5 Å². The van der Waals surface area contributed by atoms with Crippen LogP contribution in [0.5, 0.6) is 5.75 Å². The summed E-state index contributed by atoms with van der Waals surface area (Å²) in [6.45, 7) is 0. The molecule has 1 aromatic carbocycles. The van der Waals surface area contributed by atoms with Crippen LogP contribution < -0.4 is 4.74 Å². The van der Waals surface area contributed by atoms with E-state index in [1.165, 1.54) is 19.4 Å². The van der Waals surface area contributed by atoms with Crippen molar-refractivity contribution in [3.63, 3.8) is 0 Å². The van der Waals surface area contributed by atoms with Crippen LogP contribution in [-0.4, -0.2) is 13.1 Å². The smallest absolute Gasteiger partial charge is 0.333 e. The first-order valence-electron chi connectivity index (χ1n) is 3.89. The molecule has 0 unspecified atom stereocenters. The van der Waals surface area contributed by atoms with Crippen molar-refractivity contribution in [1.29, 1.82) is 0 Å². The SMILES string of the molecule is COC(=O)/C=C/Oc1ccccc1Cl. The molecule has 0 saturated carbocycles. The third kappa shape index (κ3) is 3.11. The Labute approximate surface area is 86.9 Å². The molecule has 0 aliphatic rings. The summed E-state index contributed by atoms with van der Waals surface area (Å²) >= 11 is 5.80. The Morgan fingerprint density at radius 3 is 2.79 bits per heavy atom. The quantitative estimate of drug-likeness (QED) is 0.439. The van der Waals surface area contributed by atoms with Crippen LogP contribution in [0.25, 0.3) is 0 Å². The summed E-state index contributed by atoms with van der Waals surface area (Å²) < 4.78 is 9.48. The summed E-state index contributed by atoms with van der Waals surface area (Å²) in [4.78, 5) is 10.7. The van der Waals surface area contributed by atoms with E-state index in [-0.39, 0.29) is 0 Å². The number of benzene rings is 1. The van der Waals surface area contributed by atoms with Crippen molar-refractivity contribution in [3.8, 4) is 5.75 Å². The Balaban J connectivity index is 2.58. The number of carbonyl (C=O) groups excluding carboxylic acids is 1. The van der Waals surface area contributed by atoms with Crippen molar-refractivity contribution < 1.29 is 14.3 Å². The molecular formula is C10H9ClO3. The highest BCUT2D eigenvalue weighted by atomic mass is 35.5. The minimum Gasteiger partial charge on any atom is -0.466 e. The zero-order valence-electron chi connectivity index (χ0n) is 7.57. The van der Waals surface area contributed by atoms with Gasteiger partial charge in [-0.1, -0.05) is 23.7 Å². The van der Waals surface area contributed by atoms with Gasteiger partial charge in [-0.25, -0.2) is 4.79 Å². The van der Waals surface area contributed by atoms with Gasteiger partial charge in [-0.15, -0.1) is 0 Å². The predicted molar refractivity (Wildman–Crippen MR) is 53.2 cm³/mol. The highest BCUT2D eigenvalue weighted by molar-refractivity contribution is 6.32. The van der Waals surface area contributed by atoms with E-state index in [4.69, 9.17) is 16.3 Å². The van der Waals surface area contributed by atoms with Crippen LogP contribution in [0.15, 0.2) is 36.6 Å². The maximum atomic E-state index is 10.7. The van der Waals surface area contributed by atoms with Crippen molar-refractivity contribution in [1.82, 2.24) is 0 Å². The van der Waals surface area contributed by atoms with Crippen molar-refractivity contribution >= 4 is 17.6 Å². The highest BCUT2D eigenvalue weighted by Gasteiger charge is 1.97. The standard InChI is InChI=1S/C10H9ClO3/c1-13-10(12)6-7-14-9-5-3-2-4-8(9)11/h2-7H,1H3/b7-6+. The van der Waals surface area contributed by atoms with Gasteiger partial charge in [0.2, 0.25) is 0 Å². The number of rotatable bonds is 3. The van der Waals surface area contributed by atoms with Crippen LogP contribution in [0.3, 0.4) is 0 Å². The van der Waals surface area contributed by atoms with E-state index in [1.54, 1.807) is 24.3 Å². The first-order valence-corrected chi connectivity index (χ1v) is 4.27. The molecule has 1 rings (SSSR count). The molecule has 0 aliphatic carbocycles. The molecule has 0 bridgehead atoms. The Hall–Kier alpha value is -1.48. The minimum atomic E-state index is -0.475. The van der Waals surface area contributed by atoms with E-state index in [1.807, 2.05) is 0 Å². The van der Waals surface area contributed by atoms with E-state index >= 15 is 0 Å². The molecule has 0 aromatic heterocycles. The lowest BCUT2D eigenvalue weighted by Crippen LogP contribution is -1.95. The van der Waals surface area contributed by atoms with Crippen LogP contribution in [0, 0.1) is 0 Å². The number of hydrogen-bond donors (Lipinski definition) is 0. The lowest BCUT2D eigenvalue weighted by molar-refractivity contribution is -0.134. The average Bonchev–Trinajstić information content (AvgIpc) is 2.20. The normalized spacial score (nSPS) is 10.1. The van der Waals surface area contributed by atoms with Crippen LogP contribution in [0.2, 0.25) is 5.02 Å². The molecular weight excluding hydrogens is 204 g/mol. The summed E-state index contributed by atoms with van der Waals surface area (Å²) in [6, 6.07) is 6.97. The number of ether oxygens (including phenoxy) is 2. The zero-order valence-corrected chi connectivity index (χ0v) is 8.32. The Morgan fingerprint density at radius 2 is 2.14 bits per heavy atom. The fraction of sp³-hybridized carbons (Fsp3) is 0.100. The van der Waals surface area contributed by atoms with Crippen LogP contribution in [0.4, 0.5) is 0 Å². The van der Waals surface area contributed by atoms with Crippen LogP contribution in [0.1, 0.15) is 0 Å². The maximum absolute atomic E-state index is 10.7. The second-order valence-electron chi connectivity index (χ2n) is 2.37. The van der Waals surface area contributed by atoms with E-state index in [2.05, 4.69) is 4.74 Å². The first-order chi connectivity index (χ1) is 6.74. The number of esters is 1.